The quantitative estimate of drug-likeness (QED) is 0.409. The van der Waals surface area contributed by atoms with Gasteiger partial charge in [-0.3, -0.25) is 4.79 Å². The average Bonchev–Trinajstić information content (AvgIpc) is 1.90. The Morgan fingerprint density at radius 2 is 1.90 bits per heavy atom. The fourth-order valence-corrected chi connectivity index (χ4v) is 0.432. The molecule has 6 N–H and O–H groups in total. The molecule has 0 saturated heterocycles. The standard InChI is InChI=1S/C5H13N3O2/c6-1-4(2-7)10-3-5(8)9/h4H,1-3,6-7H2,(H2,8,9). The van der Waals surface area contributed by atoms with Gasteiger partial charge in [0.2, 0.25) is 5.91 Å². The summed E-state index contributed by atoms with van der Waals surface area (Å²) in [6, 6.07) is 0. The molecule has 0 atom stereocenters. The summed E-state index contributed by atoms with van der Waals surface area (Å²) in [5.41, 5.74) is 15.2. The largest absolute Gasteiger partial charge is 0.368 e. The van der Waals surface area contributed by atoms with E-state index in [-0.39, 0.29) is 12.7 Å². The number of primary amides is 1. The molecule has 0 rings (SSSR count). The minimum atomic E-state index is -0.507. The van der Waals surface area contributed by atoms with Crippen molar-refractivity contribution in [3.8, 4) is 0 Å². The second-order valence-electron chi connectivity index (χ2n) is 1.87. The molecule has 0 aliphatic carbocycles. The summed E-state index contributed by atoms with van der Waals surface area (Å²) in [6.07, 6.45) is -0.257. The van der Waals surface area contributed by atoms with Gasteiger partial charge in [-0.1, -0.05) is 0 Å². The minimum absolute atomic E-state index is 0.112. The molecule has 60 valence electrons. The van der Waals surface area contributed by atoms with Crippen molar-refractivity contribution in [3.05, 3.63) is 0 Å². The summed E-state index contributed by atoms with van der Waals surface area (Å²) >= 11 is 0. The van der Waals surface area contributed by atoms with Crippen LogP contribution in [0, 0.1) is 0 Å². The highest BCUT2D eigenvalue weighted by molar-refractivity contribution is 5.75. The molecule has 0 radical (unpaired) electrons. The van der Waals surface area contributed by atoms with Crippen LogP contribution in [0.15, 0.2) is 0 Å². The monoisotopic (exact) mass is 147 g/mol. The van der Waals surface area contributed by atoms with Gasteiger partial charge >= 0.3 is 0 Å². The number of carbonyl (C=O) groups excluding carboxylic acids is 1. The number of ether oxygens (including phenoxy) is 1. The zero-order chi connectivity index (χ0) is 7.98. The first-order valence-corrected chi connectivity index (χ1v) is 3.00. The molecule has 0 heterocycles. The van der Waals surface area contributed by atoms with Crippen LogP contribution < -0.4 is 17.2 Å². The molecular formula is C5H13N3O2. The number of hydrogen-bond donors (Lipinski definition) is 3. The third-order valence-corrected chi connectivity index (χ3v) is 0.987. The maximum absolute atomic E-state index is 10.2. The molecule has 0 saturated carbocycles. The fraction of sp³-hybridized carbons (Fsp3) is 0.800. The molecule has 5 heteroatoms. The Kier molecular flexibility index (Phi) is 4.82. The van der Waals surface area contributed by atoms with E-state index in [1.165, 1.54) is 0 Å². The Morgan fingerprint density at radius 1 is 1.40 bits per heavy atom. The van der Waals surface area contributed by atoms with Crippen LogP contribution in [0.4, 0.5) is 0 Å². The van der Waals surface area contributed by atoms with Crippen LogP contribution in [0.25, 0.3) is 0 Å². The third-order valence-electron chi connectivity index (χ3n) is 0.987. The van der Waals surface area contributed by atoms with Crippen molar-refractivity contribution >= 4 is 5.91 Å². The number of carbonyl (C=O) groups is 1. The first-order valence-electron chi connectivity index (χ1n) is 3.00. The van der Waals surface area contributed by atoms with Gasteiger partial charge in [0.25, 0.3) is 0 Å². The highest BCUT2D eigenvalue weighted by atomic mass is 16.5. The van der Waals surface area contributed by atoms with Crippen molar-refractivity contribution in [1.82, 2.24) is 0 Å². The molecule has 0 bridgehead atoms. The van der Waals surface area contributed by atoms with Crippen molar-refractivity contribution in [1.29, 1.82) is 0 Å². The topological polar surface area (TPSA) is 104 Å². The molecule has 1 amide bonds. The Morgan fingerprint density at radius 3 is 2.20 bits per heavy atom. The molecule has 10 heavy (non-hydrogen) atoms. The lowest BCUT2D eigenvalue weighted by atomic mass is 10.4. The van der Waals surface area contributed by atoms with E-state index in [1.54, 1.807) is 0 Å². The highest BCUT2D eigenvalue weighted by Gasteiger charge is 2.04. The van der Waals surface area contributed by atoms with Crippen LogP contribution in [0.5, 0.6) is 0 Å². The predicted octanol–water partition coefficient (Wildman–Crippen LogP) is -2.23. The summed E-state index contributed by atoms with van der Waals surface area (Å²) in [4.78, 5) is 10.2. The van der Waals surface area contributed by atoms with Gasteiger partial charge in [0.15, 0.2) is 0 Å². The third kappa shape index (κ3) is 4.25. The molecule has 0 aliphatic heterocycles. The van der Waals surface area contributed by atoms with Crippen molar-refractivity contribution in [2.75, 3.05) is 19.7 Å². The minimum Gasteiger partial charge on any atom is -0.368 e. The summed E-state index contributed by atoms with van der Waals surface area (Å²) in [6.45, 7) is 0.507. The SMILES string of the molecule is NCC(CN)OCC(N)=O. The lowest BCUT2D eigenvalue weighted by Crippen LogP contribution is -2.34. The predicted molar refractivity (Wildman–Crippen MR) is 37.0 cm³/mol. The van der Waals surface area contributed by atoms with E-state index in [2.05, 4.69) is 0 Å². The Labute approximate surface area is 59.5 Å². The smallest absolute Gasteiger partial charge is 0.243 e. The Bertz CT molecular complexity index is 103. The zero-order valence-electron chi connectivity index (χ0n) is 5.75. The van der Waals surface area contributed by atoms with Crippen LogP contribution in [0.1, 0.15) is 0 Å². The Hall–Kier alpha value is -0.650. The second-order valence-corrected chi connectivity index (χ2v) is 1.87. The second kappa shape index (κ2) is 5.16. The van der Waals surface area contributed by atoms with Crippen molar-refractivity contribution in [2.45, 2.75) is 6.10 Å². The zero-order valence-corrected chi connectivity index (χ0v) is 5.75. The lowest BCUT2D eigenvalue weighted by molar-refractivity contribution is -0.124. The first kappa shape index (κ1) is 9.35. The fourth-order valence-electron chi connectivity index (χ4n) is 0.432. The summed E-state index contributed by atoms with van der Waals surface area (Å²) in [5, 5.41) is 0. The van der Waals surface area contributed by atoms with E-state index in [0.717, 1.165) is 0 Å². The number of nitrogens with two attached hydrogens (primary N) is 3. The van der Waals surface area contributed by atoms with Crippen LogP contribution >= 0.6 is 0 Å². The molecule has 0 aromatic rings. The van der Waals surface area contributed by atoms with E-state index >= 15 is 0 Å². The van der Waals surface area contributed by atoms with Gasteiger partial charge in [-0.15, -0.1) is 0 Å². The van der Waals surface area contributed by atoms with E-state index in [0.29, 0.717) is 13.1 Å². The van der Waals surface area contributed by atoms with E-state index in [1.807, 2.05) is 0 Å². The van der Waals surface area contributed by atoms with Gasteiger partial charge in [0.1, 0.15) is 6.61 Å². The summed E-state index contributed by atoms with van der Waals surface area (Å²) in [7, 11) is 0. The maximum atomic E-state index is 10.2. The normalized spacial score (nSPS) is 10.3. The van der Waals surface area contributed by atoms with Gasteiger partial charge in [-0.2, -0.15) is 0 Å². The summed E-state index contributed by atoms with van der Waals surface area (Å²) in [5.74, 6) is -0.507. The number of rotatable bonds is 5. The molecule has 5 nitrogen and oxygen atoms in total. The van der Waals surface area contributed by atoms with E-state index < -0.39 is 5.91 Å². The van der Waals surface area contributed by atoms with Crippen molar-refractivity contribution in [2.24, 2.45) is 17.2 Å². The van der Waals surface area contributed by atoms with Crippen molar-refractivity contribution in [3.63, 3.8) is 0 Å². The van der Waals surface area contributed by atoms with Crippen LogP contribution in [0.2, 0.25) is 0 Å². The van der Waals surface area contributed by atoms with E-state index in [4.69, 9.17) is 21.9 Å². The van der Waals surface area contributed by atoms with Crippen LogP contribution in [-0.4, -0.2) is 31.7 Å². The molecule has 0 unspecified atom stereocenters. The number of hydrogen-bond acceptors (Lipinski definition) is 4. The van der Waals surface area contributed by atoms with Gasteiger partial charge in [-0.25, -0.2) is 0 Å². The average molecular weight is 147 g/mol. The Balaban J connectivity index is 3.34. The van der Waals surface area contributed by atoms with Crippen LogP contribution in [-0.2, 0) is 9.53 Å². The molecular weight excluding hydrogens is 134 g/mol. The summed E-state index contributed by atoms with van der Waals surface area (Å²) < 4.78 is 4.88. The highest BCUT2D eigenvalue weighted by Crippen LogP contribution is 1.84. The molecule has 0 aliphatic rings. The van der Waals surface area contributed by atoms with Gasteiger partial charge < -0.3 is 21.9 Å². The van der Waals surface area contributed by atoms with Crippen LogP contribution in [0.3, 0.4) is 0 Å². The molecule has 0 aromatic heterocycles. The number of amides is 1. The van der Waals surface area contributed by atoms with Gasteiger partial charge in [0, 0.05) is 13.1 Å². The van der Waals surface area contributed by atoms with E-state index in [9.17, 15) is 4.79 Å². The van der Waals surface area contributed by atoms with Crippen molar-refractivity contribution < 1.29 is 9.53 Å². The molecule has 0 fully saturated rings. The maximum Gasteiger partial charge on any atom is 0.243 e. The molecule has 0 aromatic carbocycles. The lowest BCUT2D eigenvalue weighted by Gasteiger charge is -2.10. The first-order chi connectivity index (χ1) is 4.70. The van der Waals surface area contributed by atoms with Gasteiger partial charge in [-0.05, 0) is 0 Å². The van der Waals surface area contributed by atoms with Gasteiger partial charge in [0.05, 0.1) is 6.10 Å². The molecule has 0 spiro atoms.